The number of amides is 1. The average Bonchev–Trinajstić information content (AvgIpc) is 2.68. The van der Waals surface area contributed by atoms with E-state index in [1.807, 2.05) is 4.90 Å². The summed E-state index contributed by atoms with van der Waals surface area (Å²) in [5, 5.41) is 2.34. The van der Waals surface area contributed by atoms with Crippen molar-refractivity contribution >= 4 is 23.2 Å². The molecule has 1 aromatic rings. The number of hydrogen-bond donors (Lipinski definition) is 1. The number of halogens is 4. The summed E-state index contributed by atoms with van der Waals surface area (Å²) >= 11 is 5.61. The van der Waals surface area contributed by atoms with Gasteiger partial charge in [0.25, 0.3) is 0 Å². The topological polar surface area (TPSA) is 32.3 Å². The lowest BCUT2D eigenvalue weighted by molar-refractivity contribution is -0.137. The van der Waals surface area contributed by atoms with E-state index in [9.17, 15) is 18.0 Å². The van der Waals surface area contributed by atoms with E-state index < -0.39 is 17.6 Å². The van der Waals surface area contributed by atoms with Gasteiger partial charge in [-0.2, -0.15) is 13.2 Å². The van der Waals surface area contributed by atoms with E-state index in [2.05, 4.69) is 5.32 Å². The zero-order chi connectivity index (χ0) is 16.2. The van der Waals surface area contributed by atoms with E-state index >= 15 is 0 Å². The van der Waals surface area contributed by atoms with Crippen LogP contribution in [0.15, 0.2) is 18.2 Å². The molecule has 1 saturated heterocycles. The van der Waals surface area contributed by atoms with Gasteiger partial charge in [-0.1, -0.05) is 24.4 Å². The fourth-order valence-corrected chi connectivity index (χ4v) is 2.72. The largest absolute Gasteiger partial charge is 0.418 e. The number of anilines is 1. The molecule has 1 aromatic carbocycles. The molecule has 3 nitrogen and oxygen atoms in total. The van der Waals surface area contributed by atoms with Gasteiger partial charge in [0.05, 0.1) is 17.8 Å². The lowest BCUT2D eigenvalue weighted by Crippen LogP contribution is -2.34. The molecule has 122 valence electrons. The number of rotatable bonds is 3. The predicted molar refractivity (Wildman–Crippen MR) is 80.0 cm³/mol. The summed E-state index contributed by atoms with van der Waals surface area (Å²) in [5.41, 5.74) is -1.18. The predicted octanol–water partition coefficient (Wildman–Crippen LogP) is 4.17. The van der Waals surface area contributed by atoms with Crippen LogP contribution in [0.4, 0.5) is 18.9 Å². The highest BCUT2D eigenvalue weighted by Crippen LogP contribution is 2.36. The van der Waals surface area contributed by atoms with Crippen LogP contribution in [0.1, 0.15) is 31.2 Å². The van der Waals surface area contributed by atoms with Crippen LogP contribution >= 0.6 is 11.6 Å². The Morgan fingerprint density at radius 3 is 2.41 bits per heavy atom. The third-order valence-corrected chi connectivity index (χ3v) is 3.86. The molecule has 1 heterocycles. The van der Waals surface area contributed by atoms with Gasteiger partial charge in [-0.15, -0.1) is 0 Å². The van der Waals surface area contributed by atoms with E-state index in [1.165, 1.54) is 12.1 Å². The SMILES string of the molecule is O=C(CN1CCCCCC1)Nc1ccc(Cl)cc1C(F)(F)F. The summed E-state index contributed by atoms with van der Waals surface area (Å²) in [6, 6.07) is 3.34. The smallest absolute Gasteiger partial charge is 0.324 e. The van der Waals surface area contributed by atoms with Crippen molar-refractivity contribution in [3.05, 3.63) is 28.8 Å². The van der Waals surface area contributed by atoms with Crippen molar-refractivity contribution in [1.29, 1.82) is 0 Å². The number of carbonyl (C=O) groups is 1. The third kappa shape index (κ3) is 4.88. The Morgan fingerprint density at radius 2 is 1.82 bits per heavy atom. The number of likely N-dealkylation sites (tertiary alicyclic amines) is 1. The van der Waals surface area contributed by atoms with Crippen LogP contribution in [0.3, 0.4) is 0 Å². The van der Waals surface area contributed by atoms with Crippen molar-refractivity contribution < 1.29 is 18.0 Å². The van der Waals surface area contributed by atoms with Crippen LogP contribution in [0.2, 0.25) is 5.02 Å². The molecule has 0 aliphatic carbocycles. The number of alkyl halides is 3. The van der Waals surface area contributed by atoms with Crippen LogP contribution in [-0.4, -0.2) is 30.4 Å². The first-order valence-corrected chi connectivity index (χ1v) is 7.63. The van der Waals surface area contributed by atoms with E-state index in [4.69, 9.17) is 11.6 Å². The molecular formula is C15H18ClF3N2O. The molecule has 0 aromatic heterocycles. The van der Waals surface area contributed by atoms with Gasteiger partial charge in [0.1, 0.15) is 0 Å². The Morgan fingerprint density at radius 1 is 1.18 bits per heavy atom. The third-order valence-electron chi connectivity index (χ3n) is 3.63. The molecule has 0 unspecified atom stereocenters. The first kappa shape index (κ1) is 17.1. The quantitative estimate of drug-likeness (QED) is 0.899. The Balaban J connectivity index is 2.05. The van der Waals surface area contributed by atoms with Crippen molar-refractivity contribution in [3.8, 4) is 0 Å². The molecule has 22 heavy (non-hydrogen) atoms. The molecule has 1 fully saturated rings. The zero-order valence-electron chi connectivity index (χ0n) is 12.0. The molecule has 0 spiro atoms. The maximum absolute atomic E-state index is 13.0. The molecule has 1 amide bonds. The average molecular weight is 335 g/mol. The van der Waals surface area contributed by atoms with Crippen LogP contribution in [0.5, 0.6) is 0 Å². The summed E-state index contributed by atoms with van der Waals surface area (Å²) in [7, 11) is 0. The van der Waals surface area contributed by atoms with Gasteiger partial charge in [-0.05, 0) is 44.1 Å². The molecule has 7 heteroatoms. The van der Waals surface area contributed by atoms with Gasteiger partial charge in [0.2, 0.25) is 5.91 Å². The maximum atomic E-state index is 13.0. The molecule has 1 N–H and O–H groups in total. The van der Waals surface area contributed by atoms with Crippen LogP contribution in [-0.2, 0) is 11.0 Å². The van der Waals surface area contributed by atoms with E-state index in [0.717, 1.165) is 44.8 Å². The number of benzene rings is 1. The maximum Gasteiger partial charge on any atom is 0.418 e. The summed E-state index contributed by atoms with van der Waals surface area (Å²) in [5.74, 6) is -0.435. The highest BCUT2D eigenvalue weighted by molar-refractivity contribution is 6.30. The van der Waals surface area contributed by atoms with Crippen molar-refractivity contribution in [2.24, 2.45) is 0 Å². The summed E-state index contributed by atoms with van der Waals surface area (Å²) in [6.45, 7) is 1.72. The molecule has 0 atom stereocenters. The van der Waals surface area contributed by atoms with Gasteiger partial charge < -0.3 is 5.32 Å². The molecule has 1 aliphatic rings. The van der Waals surface area contributed by atoms with Gasteiger partial charge in [-0.3, -0.25) is 9.69 Å². The van der Waals surface area contributed by atoms with Crippen molar-refractivity contribution in [2.75, 3.05) is 25.0 Å². The molecule has 0 bridgehead atoms. The van der Waals surface area contributed by atoms with E-state index in [-0.39, 0.29) is 17.3 Å². The highest BCUT2D eigenvalue weighted by Gasteiger charge is 2.34. The van der Waals surface area contributed by atoms with Crippen LogP contribution in [0, 0.1) is 0 Å². The minimum atomic E-state index is -4.56. The van der Waals surface area contributed by atoms with Crippen molar-refractivity contribution in [2.45, 2.75) is 31.9 Å². The molecular weight excluding hydrogens is 317 g/mol. The molecule has 2 rings (SSSR count). The van der Waals surface area contributed by atoms with Crippen LogP contribution in [0.25, 0.3) is 0 Å². The minimum Gasteiger partial charge on any atom is -0.324 e. The lowest BCUT2D eigenvalue weighted by Gasteiger charge is -2.20. The Labute approximate surface area is 132 Å². The second-order valence-corrected chi connectivity index (χ2v) is 5.86. The normalized spacial score (nSPS) is 17.1. The molecule has 0 saturated carbocycles. The second kappa shape index (κ2) is 7.33. The summed E-state index contributed by atoms with van der Waals surface area (Å²) in [4.78, 5) is 14.0. The van der Waals surface area contributed by atoms with Gasteiger partial charge in [0, 0.05) is 5.02 Å². The molecule has 1 aliphatic heterocycles. The highest BCUT2D eigenvalue weighted by atomic mass is 35.5. The number of hydrogen-bond acceptors (Lipinski definition) is 2. The fourth-order valence-electron chi connectivity index (χ4n) is 2.55. The summed E-state index contributed by atoms with van der Waals surface area (Å²) in [6.07, 6.45) is -0.263. The van der Waals surface area contributed by atoms with Gasteiger partial charge >= 0.3 is 6.18 Å². The fraction of sp³-hybridized carbons (Fsp3) is 0.533. The lowest BCUT2D eigenvalue weighted by atomic mass is 10.1. The van der Waals surface area contributed by atoms with E-state index in [0.29, 0.717) is 0 Å². The Hall–Kier alpha value is -1.27. The van der Waals surface area contributed by atoms with Gasteiger partial charge in [-0.25, -0.2) is 0 Å². The second-order valence-electron chi connectivity index (χ2n) is 5.43. The Kier molecular flexibility index (Phi) is 5.69. The standard InChI is InChI=1S/C15H18ClF3N2O/c16-11-5-6-13(12(9-11)15(17,18)19)20-14(22)10-21-7-3-1-2-4-8-21/h5-6,9H,1-4,7-8,10H2,(H,20,22). The van der Waals surface area contributed by atoms with Crippen molar-refractivity contribution in [3.63, 3.8) is 0 Å². The van der Waals surface area contributed by atoms with Gasteiger partial charge in [0.15, 0.2) is 0 Å². The zero-order valence-corrected chi connectivity index (χ0v) is 12.8. The number of carbonyl (C=O) groups excluding carboxylic acids is 1. The number of nitrogens with zero attached hydrogens (tertiary/aromatic N) is 1. The van der Waals surface area contributed by atoms with E-state index in [1.54, 1.807) is 0 Å². The monoisotopic (exact) mass is 334 g/mol. The molecule has 0 radical (unpaired) electrons. The first-order valence-electron chi connectivity index (χ1n) is 7.25. The number of nitrogens with one attached hydrogen (secondary N) is 1. The minimum absolute atomic E-state index is 0.0159. The first-order chi connectivity index (χ1) is 10.4. The van der Waals surface area contributed by atoms with Crippen LogP contribution < -0.4 is 5.32 Å². The summed E-state index contributed by atoms with van der Waals surface area (Å²) < 4.78 is 38.9. The van der Waals surface area contributed by atoms with Crippen molar-refractivity contribution in [1.82, 2.24) is 4.90 Å². The Bertz CT molecular complexity index is 526.